The Morgan fingerprint density at radius 1 is 1.39 bits per heavy atom. The first-order chi connectivity index (χ1) is 8.73. The van der Waals surface area contributed by atoms with E-state index in [1.807, 2.05) is 0 Å². The summed E-state index contributed by atoms with van der Waals surface area (Å²) in [5.74, 6) is 0.952. The fourth-order valence-corrected chi connectivity index (χ4v) is 3.77. The van der Waals surface area contributed by atoms with Crippen molar-refractivity contribution in [2.45, 2.75) is 38.1 Å². The Hall–Kier alpha value is -0.610. The molecule has 1 saturated carbocycles. The van der Waals surface area contributed by atoms with Gasteiger partial charge in [-0.2, -0.15) is 0 Å². The number of nitrogens with one attached hydrogen (secondary N) is 1. The second-order valence-electron chi connectivity index (χ2n) is 6.28. The van der Waals surface area contributed by atoms with Crippen LogP contribution < -0.4 is 5.32 Å². The molecule has 3 aliphatic heterocycles. The van der Waals surface area contributed by atoms with Gasteiger partial charge >= 0.3 is 0 Å². The van der Waals surface area contributed by atoms with Crippen molar-refractivity contribution < 1.29 is 9.53 Å². The maximum atomic E-state index is 12.5. The van der Waals surface area contributed by atoms with Gasteiger partial charge in [-0.25, -0.2) is 0 Å². The molecule has 0 radical (unpaired) electrons. The first-order valence-corrected chi connectivity index (χ1v) is 7.26. The van der Waals surface area contributed by atoms with Gasteiger partial charge in [0, 0.05) is 19.7 Å². The molecule has 1 aliphatic carbocycles. The van der Waals surface area contributed by atoms with Crippen LogP contribution in [0.2, 0.25) is 0 Å². The van der Waals surface area contributed by atoms with Gasteiger partial charge in [0.2, 0.25) is 5.91 Å². The summed E-state index contributed by atoms with van der Waals surface area (Å²) in [6.45, 7) is 4.08. The minimum atomic E-state index is -0.208. The van der Waals surface area contributed by atoms with Crippen LogP contribution >= 0.6 is 0 Å². The fourth-order valence-electron chi connectivity index (χ4n) is 3.77. The predicted octanol–water partition coefficient (Wildman–Crippen LogP) is 1.01. The van der Waals surface area contributed by atoms with Gasteiger partial charge in [0.1, 0.15) is 0 Å². The Morgan fingerprint density at radius 2 is 2.11 bits per heavy atom. The summed E-state index contributed by atoms with van der Waals surface area (Å²) in [6.07, 6.45) is 5.66. The molecular formula is C14H24N2O2. The van der Waals surface area contributed by atoms with Gasteiger partial charge in [0.05, 0.1) is 12.0 Å². The topological polar surface area (TPSA) is 41.6 Å². The van der Waals surface area contributed by atoms with Crippen LogP contribution in [0.15, 0.2) is 0 Å². The molecule has 1 atom stereocenters. The molecule has 3 heterocycles. The zero-order valence-electron chi connectivity index (χ0n) is 11.3. The van der Waals surface area contributed by atoms with Crippen molar-refractivity contribution in [3.05, 3.63) is 0 Å². The van der Waals surface area contributed by atoms with Crippen LogP contribution in [0.4, 0.5) is 0 Å². The van der Waals surface area contributed by atoms with Crippen molar-refractivity contribution in [3.8, 4) is 0 Å². The van der Waals surface area contributed by atoms with E-state index >= 15 is 0 Å². The number of amides is 1. The second-order valence-corrected chi connectivity index (χ2v) is 6.28. The third-order valence-corrected chi connectivity index (χ3v) is 5.19. The van der Waals surface area contributed by atoms with Crippen molar-refractivity contribution in [1.82, 2.24) is 10.2 Å². The van der Waals surface area contributed by atoms with Crippen molar-refractivity contribution >= 4 is 5.91 Å². The number of nitrogens with zero attached hydrogens (tertiary/aromatic N) is 1. The molecule has 1 amide bonds. The first-order valence-electron chi connectivity index (χ1n) is 7.26. The van der Waals surface area contributed by atoms with Gasteiger partial charge in [0.15, 0.2) is 0 Å². The van der Waals surface area contributed by atoms with Crippen LogP contribution in [0.5, 0.6) is 0 Å². The summed E-state index contributed by atoms with van der Waals surface area (Å²) in [4.78, 5) is 15.0. The Labute approximate surface area is 109 Å². The molecule has 4 heteroatoms. The van der Waals surface area contributed by atoms with Gasteiger partial charge < -0.3 is 15.0 Å². The molecular weight excluding hydrogens is 228 g/mol. The van der Waals surface area contributed by atoms with Gasteiger partial charge in [-0.1, -0.05) is 6.42 Å². The summed E-state index contributed by atoms with van der Waals surface area (Å²) in [6, 6.07) is 0.384. The second kappa shape index (κ2) is 4.82. The van der Waals surface area contributed by atoms with Gasteiger partial charge in [-0.05, 0) is 44.7 Å². The van der Waals surface area contributed by atoms with Crippen molar-refractivity contribution in [2.75, 3.05) is 33.4 Å². The van der Waals surface area contributed by atoms with E-state index in [1.165, 1.54) is 25.9 Å². The summed E-state index contributed by atoms with van der Waals surface area (Å²) >= 11 is 0. The lowest BCUT2D eigenvalue weighted by Crippen LogP contribution is -2.60. The average Bonchev–Trinajstić information content (AvgIpc) is 2.35. The first kappa shape index (κ1) is 12.4. The summed E-state index contributed by atoms with van der Waals surface area (Å²) in [5, 5.41) is 3.32. The highest BCUT2D eigenvalue weighted by Crippen LogP contribution is 2.41. The highest BCUT2D eigenvalue weighted by atomic mass is 16.5. The van der Waals surface area contributed by atoms with Crippen LogP contribution in [-0.2, 0) is 9.53 Å². The van der Waals surface area contributed by atoms with Gasteiger partial charge in [-0.15, -0.1) is 0 Å². The van der Waals surface area contributed by atoms with E-state index in [4.69, 9.17) is 4.74 Å². The standard InChI is InChI=1S/C14H24N2O2/c1-18-10-14(5-2-6-14)13(17)15-12-9-16-7-3-11(12)4-8-16/h11-12H,2-10H2,1H3,(H,15,17)/t12-/m0/s1. The lowest BCUT2D eigenvalue weighted by molar-refractivity contribution is -0.142. The van der Waals surface area contributed by atoms with Crippen LogP contribution in [0.25, 0.3) is 0 Å². The van der Waals surface area contributed by atoms with E-state index in [1.54, 1.807) is 7.11 Å². The van der Waals surface area contributed by atoms with Crippen molar-refractivity contribution in [2.24, 2.45) is 11.3 Å². The molecule has 18 heavy (non-hydrogen) atoms. The number of hydrogen-bond acceptors (Lipinski definition) is 3. The van der Waals surface area contributed by atoms with Crippen LogP contribution in [-0.4, -0.2) is 50.2 Å². The van der Waals surface area contributed by atoms with E-state index in [-0.39, 0.29) is 11.3 Å². The maximum Gasteiger partial charge on any atom is 0.228 e. The number of fused-ring (bicyclic) bond motifs is 3. The number of ether oxygens (including phenoxy) is 1. The number of rotatable bonds is 4. The highest BCUT2D eigenvalue weighted by molar-refractivity contribution is 5.84. The zero-order valence-corrected chi connectivity index (χ0v) is 11.3. The molecule has 2 bridgehead atoms. The molecule has 3 saturated heterocycles. The maximum absolute atomic E-state index is 12.5. The largest absolute Gasteiger partial charge is 0.384 e. The van der Waals surface area contributed by atoms with Crippen LogP contribution in [0.3, 0.4) is 0 Å². The molecule has 0 aromatic heterocycles. The zero-order chi connectivity index (χ0) is 12.6. The quantitative estimate of drug-likeness (QED) is 0.812. The van der Waals surface area contributed by atoms with Crippen molar-refractivity contribution in [1.29, 1.82) is 0 Å². The highest BCUT2D eigenvalue weighted by Gasteiger charge is 2.46. The molecule has 102 valence electrons. The summed E-state index contributed by atoms with van der Waals surface area (Å²) in [7, 11) is 1.70. The van der Waals surface area contributed by atoms with Gasteiger partial charge in [-0.3, -0.25) is 4.79 Å². The van der Waals surface area contributed by atoms with E-state index < -0.39 is 0 Å². The molecule has 4 rings (SSSR count). The number of piperidine rings is 3. The molecule has 0 aromatic rings. The normalized spacial score (nSPS) is 37.1. The third-order valence-electron chi connectivity index (χ3n) is 5.19. The number of hydrogen-bond donors (Lipinski definition) is 1. The molecule has 0 aromatic carbocycles. The smallest absolute Gasteiger partial charge is 0.228 e. The minimum Gasteiger partial charge on any atom is -0.384 e. The molecule has 0 spiro atoms. The fraction of sp³-hybridized carbons (Fsp3) is 0.929. The van der Waals surface area contributed by atoms with E-state index in [0.717, 1.165) is 25.8 Å². The lowest BCUT2D eigenvalue weighted by Gasteiger charge is -2.47. The Morgan fingerprint density at radius 3 is 2.56 bits per heavy atom. The minimum absolute atomic E-state index is 0.208. The van der Waals surface area contributed by atoms with Gasteiger partial charge in [0.25, 0.3) is 0 Å². The molecule has 4 fully saturated rings. The number of carbonyl (C=O) groups is 1. The van der Waals surface area contributed by atoms with Crippen LogP contribution in [0, 0.1) is 11.3 Å². The Balaban J connectivity index is 1.60. The Bertz CT molecular complexity index is 320. The SMILES string of the molecule is COCC1(C(=O)N[C@H]2CN3CCC2CC3)CCC1. The Kier molecular flexibility index (Phi) is 3.32. The van der Waals surface area contributed by atoms with E-state index in [2.05, 4.69) is 10.2 Å². The molecule has 4 nitrogen and oxygen atoms in total. The molecule has 0 unspecified atom stereocenters. The average molecular weight is 252 g/mol. The predicted molar refractivity (Wildman–Crippen MR) is 69.3 cm³/mol. The number of carbonyl (C=O) groups excluding carboxylic acids is 1. The van der Waals surface area contributed by atoms with Crippen molar-refractivity contribution in [3.63, 3.8) is 0 Å². The molecule has 4 aliphatic rings. The third kappa shape index (κ3) is 2.05. The summed E-state index contributed by atoms with van der Waals surface area (Å²) < 4.78 is 5.25. The lowest BCUT2D eigenvalue weighted by atomic mass is 9.68. The monoisotopic (exact) mass is 252 g/mol. The van der Waals surface area contributed by atoms with E-state index in [0.29, 0.717) is 18.6 Å². The molecule has 1 N–H and O–H groups in total. The van der Waals surface area contributed by atoms with Crippen LogP contribution in [0.1, 0.15) is 32.1 Å². The van der Waals surface area contributed by atoms with E-state index in [9.17, 15) is 4.79 Å². The summed E-state index contributed by atoms with van der Waals surface area (Å²) in [5.41, 5.74) is -0.208. The number of methoxy groups -OCH3 is 1.